The van der Waals surface area contributed by atoms with Gasteiger partial charge in [0.25, 0.3) is 0 Å². The number of hydrogen-bond donors (Lipinski definition) is 1. The van der Waals surface area contributed by atoms with Crippen molar-refractivity contribution < 1.29 is 19.4 Å². The van der Waals surface area contributed by atoms with Gasteiger partial charge in [-0.15, -0.1) is 0 Å². The van der Waals surface area contributed by atoms with E-state index in [2.05, 4.69) is 0 Å². The molecule has 104 valence electrons. The lowest BCUT2D eigenvalue weighted by Crippen LogP contribution is -2.56. The summed E-state index contributed by atoms with van der Waals surface area (Å²) in [5.74, 6) is -0.548. The minimum Gasteiger partial charge on any atom is -0.461 e. The predicted octanol–water partition coefficient (Wildman–Crippen LogP) is 1.47. The van der Waals surface area contributed by atoms with E-state index >= 15 is 0 Å². The number of carbonyl (C=O) groups is 2. The Morgan fingerprint density at radius 3 is 2.68 bits per heavy atom. The van der Waals surface area contributed by atoms with E-state index in [1.165, 1.54) is 6.08 Å². The molecule has 1 heterocycles. The summed E-state index contributed by atoms with van der Waals surface area (Å²) < 4.78 is 5.50. The molecule has 4 heteroatoms. The van der Waals surface area contributed by atoms with E-state index in [4.69, 9.17) is 4.74 Å². The third-order valence-electron chi connectivity index (χ3n) is 5.73. The minimum atomic E-state index is -1.20. The standard InChI is InChI=1S/C15H20O4/c1-8-4-5-10-9(2)13(17)19-12(10)14(3)11(16)6-7-15(8,14)18/h6-10,12,18H,4-5H2,1-3H3/t8-,9+,10-,12+,14?,15-/m0/s1. The molecule has 1 N–H and O–H groups in total. The van der Waals surface area contributed by atoms with Crippen molar-refractivity contribution in [3.8, 4) is 0 Å². The highest BCUT2D eigenvalue weighted by atomic mass is 16.6. The zero-order valence-electron chi connectivity index (χ0n) is 11.6. The first-order valence-corrected chi connectivity index (χ1v) is 6.99. The summed E-state index contributed by atoms with van der Waals surface area (Å²) in [5.41, 5.74) is -2.23. The van der Waals surface area contributed by atoms with Gasteiger partial charge in [-0.2, -0.15) is 0 Å². The van der Waals surface area contributed by atoms with Crippen LogP contribution in [0, 0.1) is 23.2 Å². The smallest absolute Gasteiger partial charge is 0.309 e. The van der Waals surface area contributed by atoms with Gasteiger partial charge in [0, 0.05) is 5.92 Å². The normalized spacial score (nSPS) is 52.6. The number of esters is 1. The molecule has 0 spiro atoms. The molecular formula is C15H20O4. The van der Waals surface area contributed by atoms with E-state index in [1.807, 2.05) is 13.8 Å². The van der Waals surface area contributed by atoms with Crippen LogP contribution in [0.4, 0.5) is 0 Å². The van der Waals surface area contributed by atoms with Gasteiger partial charge >= 0.3 is 5.97 Å². The van der Waals surface area contributed by atoms with Crippen molar-refractivity contribution in [3.63, 3.8) is 0 Å². The first kappa shape index (κ1) is 12.9. The van der Waals surface area contributed by atoms with Crippen LogP contribution in [0.3, 0.4) is 0 Å². The zero-order valence-corrected chi connectivity index (χ0v) is 11.6. The van der Waals surface area contributed by atoms with Gasteiger partial charge in [-0.1, -0.05) is 13.8 Å². The number of ether oxygens (including phenoxy) is 1. The predicted molar refractivity (Wildman–Crippen MR) is 68.1 cm³/mol. The summed E-state index contributed by atoms with van der Waals surface area (Å²) in [6.07, 6.45) is 4.17. The fraction of sp³-hybridized carbons (Fsp3) is 0.733. The molecule has 1 unspecified atom stereocenters. The molecule has 0 bridgehead atoms. The Balaban J connectivity index is 2.13. The van der Waals surface area contributed by atoms with Crippen molar-refractivity contribution in [3.05, 3.63) is 12.2 Å². The molecule has 0 aromatic heterocycles. The number of hydrogen-bond acceptors (Lipinski definition) is 4. The van der Waals surface area contributed by atoms with Crippen molar-refractivity contribution in [2.24, 2.45) is 23.2 Å². The monoisotopic (exact) mass is 264 g/mol. The van der Waals surface area contributed by atoms with Crippen LogP contribution in [-0.4, -0.2) is 28.6 Å². The minimum absolute atomic E-state index is 0.0169. The second kappa shape index (κ2) is 3.69. The van der Waals surface area contributed by atoms with Crippen molar-refractivity contribution >= 4 is 11.8 Å². The van der Waals surface area contributed by atoms with Crippen LogP contribution >= 0.6 is 0 Å². The van der Waals surface area contributed by atoms with E-state index in [1.54, 1.807) is 13.0 Å². The maximum absolute atomic E-state index is 12.4. The summed E-state index contributed by atoms with van der Waals surface area (Å²) in [6.45, 7) is 5.58. The molecule has 1 aliphatic heterocycles. The second-order valence-corrected chi connectivity index (χ2v) is 6.51. The molecule has 0 amide bonds. The molecular weight excluding hydrogens is 244 g/mol. The molecule has 3 aliphatic rings. The van der Waals surface area contributed by atoms with Crippen LogP contribution in [0.1, 0.15) is 33.6 Å². The Morgan fingerprint density at radius 2 is 2.00 bits per heavy atom. The van der Waals surface area contributed by atoms with Gasteiger partial charge in [-0.25, -0.2) is 0 Å². The second-order valence-electron chi connectivity index (χ2n) is 6.51. The van der Waals surface area contributed by atoms with Gasteiger partial charge in [-0.05, 0) is 37.8 Å². The Labute approximate surface area is 112 Å². The summed E-state index contributed by atoms with van der Waals surface area (Å²) in [7, 11) is 0. The Hall–Kier alpha value is -1.16. The first-order chi connectivity index (χ1) is 8.82. The number of fused-ring (bicyclic) bond motifs is 3. The summed E-state index contributed by atoms with van der Waals surface area (Å²) in [4.78, 5) is 24.2. The largest absolute Gasteiger partial charge is 0.461 e. The highest BCUT2D eigenvalue weighted by Gasteiger charge is 2.67. The summed E-state index contributed by atoms with van der Waals surface area (Å²) >= 11 is 0. The van der Waals surface area contributed by atoms with Crippen LogP contribution in [0.2, 0.25) is 0 Å². The lowest BCUT2D eigenvalue weighted by molar-refractivity contribution is -0.166. The molecule has 1 saturated heterocycles. The molecule has 2 aliphatic carbocycles. The Kier molecular flexibility index (Phi) is 2.50. The molecule has 0 aromatic carbocycles. The third-order valence-corrected chi connectivity index (χ3v) is 5.73. The first-order valence-electron chi connectivity index (χ1n) is 6.99. The van der Waals surface area contributed by atoms with Crippen molar-refractivity contribution in [2.75, 3.05) is 0 Å². The van der Waals surface area contributed by atoms with E-state index in [0.717, 1.165) is 12.8 Å². The van der Waals surface area contributed by atoms with Crippen molar-refractivity contribution in [1.29, 1.82) is 0 Å². The molecule has 0 aromatic rings. The average molecular weight is 264 g/mol. The van der Waals surface area contributed by atoms with E-state index in [9.17, 15) is 14.7 Å². The zero-order chi connectivity index (χ0) is 14.0. The van der Waals surface area contributed by atoms with Gasteiger partial charge in [0.1, 0.15) is 11.7 Å². The maximum atomic E-state index is 12.4. The number of ketones is 1. The van der Waals surface area contributed by atoms with Crippen molar-refractivity contribution in [1.82, 2.24) is 0 Å². The van der Waals surface area contributed by atoms with Crippen LogP contribution in [0.25, 0.3) is 0 Å². The van der Waals surface area contributed by atoms with Crippen molar-refractivity contribution in [2.45, 2.75) is 45.3 Å². The lowest BCUT2D eigenvalue weighted by atomic mass is 9.64. The van der Waals surface area contributed by atoms with Crippen LogP contribution in [0.5, 0.6) is 0 Å². The Bertz CT molecular complexity index is 483. The Morgan fingerprint density at radius 1 is 1.32 bits per heavy atom. The number of aliphatic hydroxyl groups is 1. The van der Waals surface area contributed by atoms with Gasteiger partial charge in [0.05, 0.1) is 11.3 Å². The molecule has 2 fully saturated rings. The quantitative estimate of drug-likeness (QED) is 0.673. The lowest BCUT2D eigenvalue weighted by Gasteiger charge is -2.43. The average Bonchev–Trinajstić information content (AvgIpc) is 2.76. The highest BCUT2D eigenvalue weighted by Crippen LogP contribution is 2.56. The molecule has 0 radical (unpaired) electrons. The number of allylic oxidation sites excluding steroid dienone is 1. The van der Waals surface area contributed by atoms with Gasteiger partial charge in [-0.3, -0.25) is 9.59 Å². The van der Waals surface area contributed by atoms with Gasteiger partial charge < -0.3 is 9.84 Å². The number of carbonyl (C=O) groups excluding carboxylic acids is 2. The molecule has 6 atom stereocenters. The topological polar surface area (TPSA) is 63.6 Å². The highest BCUT2D eigenvalue weighted by molar-refractivity contribution is 6.00. The SMILES string of the molecule is C[C@H]1C(=O)O[C@@H]2[C@H]1CC[C@H](C)[C@@]1(O)C=CC(=O)C21C. The molecule has 19 heavy (non-hydrogen) atoms. The molecule has 1 saturated carbocycles. The molecule has 3 rings (SSSR count). The fourth-order valence-electron chi connectivity index (χ4n) is 4.16. The summed E-state index contributed by atoms with van der Waals surface area (Å²) in [6, 6.07) is 0. The summed E-state index contributed by atoms with van der Waals surface area (Å²) in [5, 5.41) is 11.0. The third kappa shape index (κ3) is 1.33. The van der Waals surface area contributed by atoms with E-state index < -0.39 is 17.1 Å². The molecule has 4 nitrogen and oxygen atoms in total. The van der Waals surface area contributed by atoms with Gasteiger partial charge in [0.2, 0.25) is 0 Å². The van der Waals surface area contributed by atoms with Crippen LogP contribution < -0.4 is 0 Å². The van der Waals surface area contributed by atoms with E-state index in [-0.39, 0.29) is 29.5 Å². The van der Waals surface area contributed by atoms with Crippen LogP contribution in [-0.2, 0) is 14.3 Å². The fourth-order valence-corrected chi connectivity index (χ4v) is 4.16. The van der Waals surface area contributed by atoms with E-state index in [0.29, 0.717) is 0 Å². The van der Waals surface area contributed by atoms with Crippen LogP contribution in [0.15, 0.2) is 12.2 Å². The number of rotatable bonds is 0. The maximum Gasteiger partial charge on any atom is 0.309 e. The van der Waals surface area contributed by atoms with Gasteiger partial charge in [0.15, 0.2) is 5.78 Å².